The summed E-state index contributed by atoms with van der Waals surface area (Å²) in [5.74, 6) is 0.523. The Bertz CT molecular complexity index is 1120. The second-order valence-corrected chi connectivity index (χ2v) is 7.24. The van der Waals surface area contributed by atoms with E-state index in [0.717, 1.165) is 6.08 Å². The van der Waals surface area contributed by atoms with Crippen molar-refractivity contribution in [1.82, 2.24) is 0 Å². The molecule has 0 aliphatic heterocycles. The first-order valence-corrected chi connectivity index (χ1v) is 10.4. The Labute approximate surface area is 201 Å². The van der Waals surface area contributed by atoms with Gasteiger partial charge in [-0.1, -0.05) is 24.3 Å². The van der Waals surface area contributed by atoms with Crippen LogP contribution in [0.4, 0.5) is 13.2 Å². The smallest absolute Gasteiger partial charge is 0.389 e. The Morgan fingerprint density at radius 3 is 1.69 bits per heavy atom. The lowest BCUT2D eigenvalue weighted by Gasteiger charge is -2.10. The second-order valence-electron chi connectivity index (χ2n) is 7.24. The van der Waals surface area contributed by atoms with Crippen LogP contribution in [0.25, 0.3) is 12.2 Å². The van der Waals surface area contributed by atoms with E-state index >= 15 is 0 Å². The summed E-state index contributed by atoms with van der Waals surface area (Å²) in [7, 11) is 5.88. The molecule has 0 saturated heterocycles. The molecule has 0 atom stereocenters. The minimum absolute atomic E-state index is 0.365. The highest BCUT2D eigenvalue weighted by Gasteiger charge is 2.28. The van der Waals surface area contributed by atoms with Gasteiger partial charge in [0.2, 0.25) is 0 Å². The zero-order valence-electron chi connectivity index (χ0n) is 19.8. The van der Waals surface area contributed by atoms with Crippen molar-refractivity contribution in [2.75, 3.05) is 28.4 Å². The molecule has 9 heteroatoms. The van der Waals surface area contributed by atoms with E-state index in [2.05, 4.69) is 0 Å². The number of methoxy groups -OCH3 is 4. The molecular weight excluding hydrogens is 465 g/mol. The molecule has 0 spiro atoms. The quantitative estimate of drug-likeness (QED) is 0.230. The van der Waals surface area contributed by atoms with Gasteiger partial charge in [0.15, 0.2) is 28.8 Å². The van der Waals surface area contributed by atoms with Crippen LogP contribution in [0.3, 0.4) is 0 Å². The number of carbonyl (C=O) groups excluding carboxylic acids is 1. The Kier molecular flexibility index (Phi) is 9.81. The second kappa shape index (κ2) is 12.5. The summed E-state index contributed by atoms with van der Waals surface area (Å²) in [4.78, 5) is 12.7. The van der Waals surface area contributed by atoms with Crippen molar-refractivity contribution in [3.63, 3.8) is 0 Å². The Morgan fingerprint density at radius 2 is 1.26 bits per heavy atom. The number of ketones is 1. The van der Waals surface area contributed by atoms with Crippen LogP contribution in [0.15, 0.2) is 59.9 Å². The number of aliphatic hydroxyl groups is 1. The maximum atomic E-state index is 12.9. The SMILES string of the molecule is COc1ccc(/C=C/C(=O)C(CCC(F)(F)F)=C(O)/C=C/c2ccc(OC)c(OC)c2)cc1OC. The van der Waals surface area contributed by atoms with E-state index in [9.17, 15) is 23.1 Å². The molecule has 2 rings (SSSR count). The first-order valence-electron chi connectivity index (χ1n) is 10.4. The lowest BCUT2D eigenvalue weighted by atomic mass is 10.0. The average Bonchev–Trinajstić information content (AvgIpc) is 2.84. The van der Waals surface area contributed by atoms with E-state index in [0.29, 0.717) is 34.1 Å². The van der Waals surface area contributed by atoms with Crippen molar-refractivity contribution >= 4 is 17.9 Å². The third-order valence-electron chi connectivity index (χ3n) is 4.94. The molecule has 2 aromatic carbocycles. The predicted octanol–water partition coefficient (Wildman–Crippen LogP) is 6.17. The van der Waals surface area contributed by atoms with Gasteiger partial charge >= 0.3 is 6.18 Å². The molecule has 0 saturated carbocycles. The van der Waals surface area contributed by atoms with Crippen molar-refractivity contribution in [2.24, 2.45) is 0 Å². The molecule has 0 aliphatic carbocycles. The van der Waals surface area contributed by atoms with Crippen molar-refractivity contribution in [1.29, 1.82) is 0 Å². The fourth-order valence-corrected chi connectivity index (χ4v) is 3.11. The van der Waals surface area contributed by atoms with Crippen LogP contribution in [0.2, 0.25) is 0 Å². The molecule has 1 N–H and O–H groups in total. The standard InChI is InChI=1S/C26H27F3O6/c1-32-22-11-7-17(15-24(22)34-3)5-9-20(30)19(13-14-26(27,28)29)21(31)10-6-18-8-12-23(33-2)25(16-18)35-4/h5-12,15-16,30H,13-14H2,1-4H3/b9-5+,10-6+,20-19?. The zero-order valence-corrected chi connectivity index (χ0v) is 19.8. The summed E-state index contributed by atoms with van der Waals surface area (Å²) in [6.07, 6.45) is -1.28. The van der Waals surface area contributed by atoms with Crippen molar-refractivity contribution in [3.8, 4) is 23.0 Å². The highest BCUT2D eigenvalue weighted by Crippen LogP contribution is 2.30. The van der Waals surface area contributed by atoms with Crippen LogP contribution >= 0.6 is 0 Å². The number of alkyl halides is 3. The number of hydrogen-bond acceptors (Lipinski definition) is 6. The average molecular weight is 492 g/mol. The normalized spacial score (nSPS) is 12.5. The molecule has 0 radical (unpaired) electrons. The molecule has 0 bridgehead atoms. The Morgan fingerprint density at radius 1 is 0.800 bits per heavy atom. The van der Waals surface area contributed by atoms with Gasteiger partial charge < -0.3 is 24.1 Å². The van der Waals surface area contributed by atoms with Crippen LogP contribution in [-0.2, 0) is 4.79 Å². The van der Waals surface area contributed by atoms with Gasteiger partial charge in [-0.15, -0.1) is 0 Å². The molecule has 0 amide bonds. The number of hydrogen-bond donors (Lipinski definition) is 1. The van der Waals surface area contributed by atoms with Gasteiger partial charge in [-0.25, -0.2) is 0 Å². The monoisotopic (exact) mass is 492 g/mol. The molecule has 0 heterocycles. The number of allylic oxidation sites excluding steroid dienone is 3. The maximum absolute atomic E-state index is 12.9. The highest BCUT2D eigenvalue weighted by atomic mass is 19.4. The largest absolute Gasteiger partial charge is 0.508 e. The van der Waals surface area contributed by atoms with E-state index in [-0.39, 0.29) is 5.57 Å². The third-order valence-corrected chi connectivity index (χ3v) is 4.94. The van der Waals surface area contributed by atoms with Crippen LogP contribution in [0.1, 0.15) is 24.0 Å². The maximum Gasteiger partial charge on any atom is 0.389 e. The van der Waals surface area contributed by atoms with E-state index in [4.69, 9.17) is 18.9 Å². The fourth-order valence-electron chi connectivity index (χ4n) is 3.11. The number of ether oxygens (including phenoxy) is 4. The van der Waals surface area contributed by atoms with Crippen LogP contribution < -0.4 is 18.9 Å². The van der Waals surface area contributed by atoms with Crippen molar-refractivity contribution in [2.45, 2.75) is 19.0 Å². The summed E-state index contributed by atoms with van der Waals surface area (Å²) >= 11 is 0. The molecule has 0 aromatic heterocycles. The number of carbonyl (C=O) groups is 1. The molecule has 0 fully saturated rings. The number of halogens is 3. The van der Waals surface area contributed by atoms with E-state index in [1.807, 2.05) is 0 Å². The van der Waals surface area contributed by atoms with Gasteiger partial charge in [-0.3, -0.25) is 4.79 Å². The fraction of sp³-hybridized carbons (Fsp3) is 0.269. The number of aliphatic hydroxyl groups excluding tert-OH is 1. The topological polar surface area (TPSA) is 74.2 Å². The summed E-state index contributed by atoms with van der Waals surface area (Å²) in [6.45, 7) is 0. The minimum atomic E-state index is -4.49. The summed E-state index contributed by atoms with van der Waals surface area (Å²) in [5.41, 5.74) is 0.778. The Balaban J connectivity index is 2.34. The van der Waals surface area contributed by atoms with Gasteiger partial charge in [0.1, 0.15) is 5.76 Å². The summed E-state index contributed by atoms with van der Waals surface area (Å²) in [6, 6.07) is 9.82. The predicted molar refractivity (Wildman–Crippen MR) is 127 cm³/mol. The zero-order chi connectivity index (χ0) is 26.0. The summed E-state index contributed by atoms with van der Waals surface area (Å²) in [5, 5.41) is 10.5. The number of benzene rings is 2. The molecule has 0 unspecified atom stereocenters. The highest BCUT2D eigenvalue weighted by molar-refractivity contribution is 6.07. The molecule has 6 nitrogen and oxygen atoms in total. The lowest BCUT2D eigenvalue weighted by molar-refractivity contribution is -0.134. The van der Waals surface area contributed by atoms with Gasteiger partial charge in [0.05, 0.1) is 28.4 Å². The van der Waals surface area contributed by atoms with Crippen LogP contribution in [-0.4, -0.2) is 45.5 Å². The first kappa shape index (κ1) is 27.4. The molecule has 2 aromatic rings. The molecule has 0 aliphatic rings. The van der Waals surface area contributed by atoms with Gasteiger partial charge in [-0.05, 0) is 54.0 Å². The lowest BCUT2D eigenvalue weighted by Crippen LogP contribution is -2.11. The number of rotatable bonds is 11. The molecule has 188 valence electrons. The van der Waals surface area contributed by atoms with Gasteiger partial charge in [0, 0.05) is 12.0 Å². The van der Waals surface area contributed by atoms with E-state index < -0.39 is 30.6 Å². The van der Waals surface area contributed by atoms with Crippen molar-refractivity contribution in [3.05, 3.63) is 71.0 Å². The molecule has 35 heavy (non-hydrogen) atoms. The van der Waals surface area contributed by atoms with Crippen molar-refractivity contribution < 1.29 is 42.0 Å². The van der Waals surface area contributed by atoms with Crippen LogP contribution in [0, 0.1) is 0 Å². The first-order chi connectivity index (χ1) is 16.6. The molecular formula is C26H27F3O6. The van der Waals surface area contributed by atoms with E-state index in [1.54, 1.807) is 36.4 Å². The van der Waals surface area contributed by atoms with Crippen LogP contribution in [0.5, 0.6) is 23.0 Å². The van der Waals surface area contributed by atoms with Gasteiger partial charge in [0.25, 0.3) is 0 Å². The van der Waals surface area contributed by atoms with E-state index in [1.165, 1.54) is 46.7 Å². The summed E-state index contributed by atoms with van der Waals surface area (Å²) < 4.78 is 59.3. The third kappa shape index (κ3) is 8.13. The van der Waals surface area contributed by atoms with Gasteiger partial charge in [-0.2, -0.15) is 13.2 Å². The Hall–Kier alpha value is -3.88. The minimum Gasteiger partial charge on any atom is -0.508 e.